The number of carboxylic acid groups (broad SMARTS) is 1. The maximum absolute atomic E-state index is 11.3. The first-order chi connectivity index (χ1) is 12.7. The summed E-state index contributed by atoms with van der Waals surface area (Å²) in [5.74, 6) is 1.89. The van der Waals surface area contributed by atoms with Crippen molar-refractivity contribution in [3.8, 4) is 0 Å². The molecule has 0 aromatic rings. The van der Waals surface area contributed by atoms with Crippen LogP contribution in [-0.4, -0.2) is 33.5 Å². The molecule has 3 N–H and O–H groups in total. The van der Waals surface area contributed by atoms with Crippen LogP contribution >= 0.6 is 0 Å². The third kappa shape index (κ3) is 2.97. The lowest BCUT2D eigenvalue weighted by molar-refractivity contribution is -0.174. The quantitative estimate of drug-likeness (QED) is 0.691. The number of carboxylic acids is 1. The molecule has 0 spiro atoms. The molecule has 3 unspecified atom stereocenters. The van der Waals surface area contributed by atoms with Crippen molar-refractivity contribution in [1.29, 1.82) is 0 Å². The molecule has 4 aliphatic carbocycles. The highest BCUT2D eigenvalue weighted by Gasteiger charge is 2.62. The second-order valence-electron chi connectivity index (χ2n) is 11.0. The highest BCUT2D eigenvalue weighted by Crippen LogP contribution is 2.68. The molecule has 0 bridgehead atoms. The summed E-state index contributed by atoms with van der Waals surface area (Å²) >= 11 is 0. The molecular formula is C23H38O4. The lowest BCUT2D eigenvalue weighted by Gasteiger charge is -2.62. The fraction of sp³-hybridized carbons (Fsp3) is 0.957. The van der Waals surface area contributed by atoms with Gasteiger partial charge in [0, 0.05) is 6.42 Å². The van der Waals surface area contributed by atoms with Crippen LogP contribution < -0.4 is 0 Å². The van der Waals surface area contributed by atoms with Gasteiger partial charge in [0.1, 0.15) is 0 Å². The standard InChI is InChI=1S/C23H38O4/c1-13(10-20(26)27)16-4-5-17-21-18(7-9-23(16,17)3)22(2)8-6-15(24)11-14(22)12-19(21)25/h13-19,21,24-25H,4-12H2,1-3H3,(H,26,27)/t13-,14+,15-,16-,17?,18?,19+,21?,22+,23-/m1/s1. The Labute approximate surface area is 163 Å². The van der Waals surface area contributed by atoms with Crippen LogP contribution in [-0.2, 0) is 4.79 Å². The normalized spacial score (nSPS) is 53.1. The molecule has 4 saturated carbocycles. The summed E-state index contributed by atoms with van der Waals surface area (Å²) in [5, 5.41) is 30.7. The van der Waals surface area contributed by atoms with Crippen LogP contribution in [0.1, 0.15) is 78.6 Å². The molecule has 4 rings (SSSR count). The van der Waals surface area contributed by atoms with Gasteiger partial charge in [-0.25, -0.2) is 0 Å². The Morgan fingerprint density at radius 2 is 1.67 bits per heavy atom. The smallest absolute Gasteiger partial charge is 0.303 e. The van der Waals surface area contributed by atoms with Gasteiger partial charge in [0.15, 0.2) is 0 Å². The Balaban J connectivity index is 1.60. The van der Waals surface area contributed by atoms with Gasteiger partial charge < -0.3 is 15.3 Å². The van der Waals surface area contributed by atoms with E-state index in [1.807, 2.05) is 0 Å². The van der Waals surface area contributed by atoms with E-state index in [9.17, 15) is 20.1 Å². The minimum atomic E-state index is -0.683. The van der Waals surface area contributed by atoms with E-state index in [0.717, 1.165) is 44.9 Å². The van der Waals surface area contributed by atoms with Crippen molar-refractivity contribution in [3.63, 3.8) is 0 Å². The summed E-state index contributed by atoms with van der Waals surface area (Å²) in [6.45, 7) is 6.96. The number of aliphatic carboxylic acids is 1. The highest BCUT2D eigenvalue weighted by atomic mass is 16.4. The molecular weight excluding hydrogens is 340 g/mol. The van der Waals surface area contributed by atoms with Crippen molar-refractivity contribution in [3.05, 3.63) is 0 Å². The Morgan fingerprint density at radius 1 is 1.00 bits per heavy atom. The van der Waals surface area contributed by atoms with Gasteiger partial charge in [-0.1, -0.05) is 20.8 Å². The largest absolute Gasteiger partial charge is 0.481 e. The van der Waals surface area contributed by atoms with Crippen LogP contribution in [0.4, 0.5) is 0 Å². The van der Waals surface area contributed by atoms with Crippen molar-refractivity contribution in [1.82, 2.24) is 0 Å². The number of carbonyl (C=O) groups is 1. The maximum atomic E-state index is 11.3. The molecule has 0 saturated heterocycles. The molecule has 0 aromatic carbocycles. The first-order valence-electron chi connectivity index (χ1n) is 11.2. The zero-order valence-electron chi connectivity index (χ0n) is 17.2. The molecule has 0 radical (unpaired) electrons. The number of aliphatic hydroxyl groups excluding tert-OH is 2. The van der Waals surface area contributed by atoms with Crippen LogP contribution in [0.2, 0.25) is 0 Å². The molecule has 4 heteroatoms. The molecule has 0 aliphatic heterocycles. The molecule has 4 fully saturated rings. The molecule has 27 heavy (non-hydrogen) atoms. The predicted molar refractivity (Wildman–Crippen MR) is 104 cm³/mol. The second-order valence-corrected chi connectivity index (χ2v) is 11.0. The molecule has 154 valence electrons. The van der Waals surface area contributed by atoms with E-state index in [1.54, 1.807) is 0 Å². The zero-order valence-corrected chi connectivity index (χ0v) is 17.2. The third-order valence-corrected chi connectivity index (χ3v) is 9.91. The van der Waals surface area contributed by atoms with Gasteiger partial charge in [-0.3, -0.25) is 4.79 Å². The van der Waals surface area contributed by atoms with Gasteiger partial charge in [0.05, 0.1) is 12.2 Å². The van der Waals surface area contributed by atoms with E-state index in [4.69, 9.17) is 0 Å². The van der Waals surface area contributed by atoms with Crippen LogP contribution in [0.15, 0.2) is 0 Å². The Morgan fingerprint density at radius 3 is 2.37 bits per heavy atom. The second kappa shape index (κ2) is 6.73. The van der Waals surface area contributed by atoms with Gasteiger partial charge in [0.25, 0.3) is 0 Å². The zero-order chi connectivity index (χ0) is 19.6. The van der Waals surface area contributed by atoms with Crippen molar-refractivity contribution in [2.45, 2.75) is 90.8 Å². The molecule has 4 nitrogen and oxygen atoms in total. The molecule has 0 amide bonds. The summed E-state index contributed by atoms with van der Waals surface area (Å²) in [6.07, 6.45) is 8.12. The summed E-state index contributed by atoms with van der Waals surface area (Å²) < 4.78 is 0. The number of hydrogen-bond acceptors (Lipinski definition) is 3. The van der Waals surface area contributed by atoms with Crippen molar-refractivity contribution in [2.24, 2.45) is 46.3 Å². The average Bonchev–Trinajstić information content (AvgIpc) is 2.93. The maximum Gasteiger partial charge on any atom is 0.303 e. The van der Waals surface area contributed by atoms with E-state index >= 15 is 0 Å². The topological polar surface area (TPSA) is 77.8 Å². The average molecular weight is 379 g/mol. The fourth-order valence-corrected chi connectivity index (χ4v) is 8.59. The van der Waals surface area contributed by atoms with E-state index in [2.05, 4.69) is 20.8 Å². The minimum Gasteiger partial charge on any atom is -0.481 e. The van der Waals surface area contributed by atoms with Crippen molar-refractivity contribution >= 4 is 5.97 Å². The van der Waals surface area contributed by atoms with Gasteiger partial charge in [-0.2, -0.15) is 0 Å². The highest BCUT2D eigenvalue weighted by molar-refractivity contribution is 5.67. The summed E-state index contributed by atoms with van der Waals surface area (Å²) in [7, 11) is 0. The number of hydrogen-bond donors (Lipinski definition) is 3. The third-order valence-electron chi connectivity index (χ3n) is 9.91. The molecule has 0 aromatic heterocycles. The Kier molecular flexibility index (Phi) is 4.91. The van der Waals surface area contributed by atoms with Crippen LogP contribution in [0.3, 0.4) is 0 Å². The fourth-order valence-electron chi connectivity index (χ4n) is 8.59. The number of aliphatic hydroxyl groups is 2. The van der Waals surface area contributed by atoms with Crippen molar-refractivity contribution < 1.29 is 20.1 Å². The first-order valence-corrected chi connectivity index (χ1v) is 11.2. The van der Waals surface area contributed by atoms with Gasteiger partial charge in [-0.15, -0.1) is 0 Å². The number of rotatable bonds is 3. The van der Waals surface area contributed by atoms with E-state index in [0.29, 0.717) is 29.6 Å². The summed E-state index contributed by atoms with van der Waals surface area (Å²) in [4.78, 5) is 11.3. The summed E-state index contributed by atoms with van der Waals surface area (Å²) in [6, 6.07) is 0. The van der Waals surface area contributed by atoms with E-state index in [-0.39, 0.29) is 35.4 Å². The van der Waals surface area contributed by atoms with Crippen molar-refractivity contribution in [2.75, 3.05) is 0 Å². The van der Waals surface area contributed by atoms with E-state index in [1.165, 1.54) is 6.42 Å². The van der Waals surface area contributed by atoms with Crippen LogP contribution in [0.5, 0.6) is 0 Å². The van der Waals surface area contributed by atoms with Gasteiger partial charge in [-0.05, 0) is 97.7 Å². The minimum absolute atomic E-state index is 0.175. The molecule has 0 heterocycles. The Bertz CT molecular complexity index is 591. The lowest BCUT2D eigenvalue weighted by atomic mass is 9.43. The van der Waals surface area contributed by atoms with E-state index < -0.39 is 5.97 Å². The molecule has 10 atom stereocenters. The Hall–Kier alpha value is -0.610. The predicted octanol–water partition coefficient (Wildman–Crippen LogP) is 4.09. The monoisotopic (exact) mass is 378 g/mol. The SMILES string of the molecule is C[C@H](CC(=O)O)[C@H]1CCC2C3C(CC[C@@]21C)[C@@]1(C)CC[C@@H](O)C[C@H]1C[C@@H]3O. The lowest BCUT2D eigenvalue weighted by Crippen LogP contribution is -2.58. The van der Waals surface area contributed by atoms with Crippen LogP contribution in [0.25, 0.3) is 0 Å². The molecule has 4 aliphatic rings. The number of fused-ring (bicyclic) bond motifs is 5. The van der Waals surface area contributed by atoms with Gasteiger partial charge >= 0.3 is 5.97 Å². The first kappa shape index (κ1) is 19.7. The van der Waals surface area contributed by atoms with Gasteiger partial charge in [0.2, 0.25) is 0 Å². The summed E-state index contributed by atoms with van der Waals surface area (Å²) in [5.41, 5.74) is 0.434. The van der Waals surface area contributed by atoms with Crippen LogP contribution in [0, 0.1) is 46.3 Å².